The molecule has 0 radical (unpaired) electrons. The van der Waals surface area contributed by atoms with Crippen molar-refractivity contribution in [3.63, 3.8) is 0 Å². The molecule has 3 rings (SSSR count). The van der Waals surface area contributed by atoms with Gasteiger partial charge < -0.3 is 10.5 Å². The topological polar surface area (TPSA) is 61.0 Å². The van der Waals surface area contributed by atoms with Crippen LogP contribution >= 0.6 is 15.9 Å². The maximum atomic E-state index is 5.94. The molecule has 0 aliphatic carbocycles. The van der Waals surface area contributed by atoms with Gasteiger partial charge in [-0.15, -0.1) is 0 Å². The van der Waals surface area contributed by atoms with E-state index in [2.05, 4.69) is 25.9 Å². The first kappa shape index (κ1) is 13.8. The fourth-order valence-electron chi connectivity index (χ4n) is 2.22. The van der Waals surface area contributed by atoms with Crippen LogP contribution in [0.2, 0.25) is 0 Å². The SMILES string of the molecule is Cc1cc(Oc2nc(N)nc3ccccc23)cc(C)c1Br. The van der Waals surface area contributed by atoms with Crippen LogP contribution in [0.5, 0.6) is 11.6 Å². The zero-order chi connectivity index (χ0) is 15.0. The van der Waals surface area contributed by atoms with Crippen LogP contribution in [0.1, 0.15) is 11.1 Å². The molecule has 0 atom stereocenters. The normalized spacial score (nSPS) is 10.8. The van der Waals surface area contributed by atoms with Gasteiger partial charge in [0.2, 0.25) is 11.8 Å². The third kappa shape index (κ3) is 2.69. The summed E-state index contributed by atoms with van der Waals surface area (Å²) in [5.41, 5.74) is 8.74. The van der Waals surface area contributed by atoms with Gasteiger partial charge in [-0.3, -0.25) is 0 Å². The van der Waals surface area contributed by atoms with Crippen LogP contribution in [0, 0.1) is 13.8 Å². The highest BCUT2D eigenvalue weighted by molar-refractivity contribution is 9.10. The van der Waals surface area contributed by atoms with E-state index in [1.807, 2.05) is 50.2 Å². The Kier molecular flexibility index (Phi) is 3.51. The summed E-state index contributed by atoms with van der Waals surface area (Å²) in [6.45, 7) is 4.05. The lowest BCUT2D eigenvalue weighted by Crippen LogP contribution is -1.99. The zero-order valence-electron chi connectivity index (χ0n) is 11.7. The number of nitrogens with two attached hydrogens (primary N) is 1. The van der Waals surface area contributed by atoms with Gasteiger partial charge in [0.1, 0.15) is 5.75 Å². The first-order chi connectivity index (χ1) is 10.0. The number of ether oxygens (including phenoxy) is 1. The second-order valence-corrected chi connectivity index (χ2v) is 5.67. The summed E-state index contributed by atoms with van der Waals surface area (Å²) in [5, 5.41) is 0.838. The molecule has 5 heteroatoms. The van der Waals surface area contributed by atoms with E-state index >= 15 is 0 Å². The number of aryl methyl sites for hydroxylation is 2. The molecule has 0 unspecified atom stereocenters. The van der Waals surface area contributed by atoms with E-state index < -0.39 is 0 Å². The van der Waals surface area contributed by atoms with Crippen molar-refractivity contribution in [1.82, 2.24) is 9.97 Å². The smallest absolute Gasteiger partial charge is 0.231 e. The molecule has 0 aliphatic heterocycles. The second kappa shape index (κ2) is 5.33. The highest BCUT2D eigenvalue weighted by Crippen LogP contribution is 2.31. The number of halogens is 1. The molecule has 0 saturated heterocycles. The lowest BCUT2D eigenvalue weighted by Gasteiger charge is -2.11. The van der Waals surface area contributed by atoms with E-state index in [-0.39, 0.29) is 5.95 Å². The minimum atomic E-state index is 0.203. The number of rotatable bonds is 2. The Hall–Kier alpha value is -2.14. The third-order valence-electron chi connectivity index (χ3n) is 3.21. The Morgan fingerprint density at radius 3 is 2.43 bits per heavy atom. The monoisotopic (exact) mass is 343 g/mol. The minimum absolute atomic E-state index is 0.203. The van der Waals surface area contributed by atoms with E-state index in [9.17, 15) is 0 Å². The average Bonchev–Trinajstić information content (AvgIpc) is 2.44. The number of aromatic nitrogens is 2. The van der Waals surface area contributed by atoms with E-state index in [1.165, 1.54) is 0 Å². The molecule has 0 saturated carbocycles. The van der Waals surface area contributed by atoms with Crippen LogP contribution < -0.4 is 10.5 Å². The summed E-state index contributed by atoms with van der Waals surface area (Å²) in [4.78, 5) is 8.42. The molecule has 21 heavy (non-hydrogen) atoms. The lowest BCUT2D eigenvalue weighted by molar-refractivity contribution is 0.468. The molecule has 0 aliphatic rings. The van der Waals surface area contributed by atoms with Crippen molar-refractivity contribution in [2.75, 3.05) is 5.73 Å². The standard InChI is InChI=1S/C16H14BrN3O/c1-9-7-11(8-10(2)14(9)17)21-15-12-5-3-4-6-13(12)19-16(18)20-15/h3-8H,1-2H3,(H2,18,19,20). The van der Waals surface area contributed by atoms with E-state index in [0.29, 0.717) is 5.88 Å². The van der Waals surface area contributed by atoms with Crippen LogP contribution in [0.15, 0.2) is 40.9 Å². The fourth-order valence-corrected chi connectivity index (χ4v) is 2.45. The van der Waals surface area contributed by atoms with Gasteiger partial charge in [0.15, 0.2) is 0 Å². The van der Waals surface area contributed by atoms with Gasteiger partial charge in [0, 0.05) is 4.47 Å². The van der Waals surface area contributed by atoms with Crippen LogP contribution in [-0.2, 0) is 0 Å². The van der Waals surface area contributed by atoms with Gasteiger partial charge in [-0.2, -0.15) is 4.98 Å². The van der Waals surface area contributed by atoms with Gasteiger partial charge >= 0.3 is 0 Å². The van der Waals surface area contributed by atoms with Crippen molar-refractivity contribution in [3.05, 3.63) is 52.0 Å². The van der Waals surface area contributed by atoms with Crippen molar-refractivity contribution >= 4 is 32.8 Å². The van der Waals surface area contributed by atoms with Crippen molar-refractivity contribution < 1.29 is 4.74 Å². The van der Waals surface area contributed by atoms with Crippen molar-refractivity contribution in [1.29, 1.82) is 0 Å². The molecule has 2 N–H and O–H groups in total. The van der Waals surface area contributed by atoms with Gasteiger partial charge in [-0.25, -0.2) is 4.98 Å². The number of para-hydroxylation sites is 1. The highest BCUT2D eigenvalue weighted by Gasteiger charge is 2.10. The second-order valence-electron chi connectivity index (χ2n) is 4.88. The molecule has 0 spiro atoms. The zero-order valence-corrected chi connectivity index (χ0v) is 13.3. The molecule has 1 aromatic heterocycles. The Morgan fingerprint density at radius 2 is 1.71 bits per heavy atom. The molecule has 0 amide bonds. The van der Waals surface area contributed by atoms with Crippen molar-refractivity contribution in [3.8, 4) is 11.6 Å². The summed E-state index contributed by atoms with van der Waals surface area (Å²) in [5.74, 6) is 1.41. The Balaban J connectivity index is 2.10. The summed E-state index contributed by atoms with van der Waals surface area (Å²) in [6.07, 6.45) is 0. The molecule has 0 fully saturated rings. The van der Waals surface area contributed by atoms with Gasteiger partial charge in [0.05, 0.1) is 10.9 Å². The van der Waals surface area contributed by atoms with Crippen molar-refractivity contribution in [2.24, 2.45) is 0 Å². The van der Waals surface area contributed by atoms with Crippen LogP contribution in [0.3, 0.4) is 0 Å². The van der Waals surface area contributed by atoms with E-state index in [0.717, 1.165) is 32.3 Å². The Morgan fingerprint density at radius 1 is 1.05 bits per heavy atom. The van der Waals surface area contributed by atoms with Crippen LogP contribution in [-0.4, -0.2) is 9.97 Å². The van der Waals surface area contributed by atoms with Crippen molar-refractivity contribution in [2.45, 2.75) is 13.8 Å². The molecule has 0 bridgehead atoms. The summed E-state index contributed by atoms with van der Waals surface area (Å²) in [7, 11) is 0. The number of nitrogen functional groups attached to an aromatic ring is 1. The van der Waals surface area contributed by atoms with Gasteiger partial charge in [-0.05, 0) is 49.2 Å². The Labute approximate surface area is 131 Å². The van der Waals surface area contributed by atoms with E-state index in [1.54, 1.807) is 0 Å². The van der Waals surface area contributed by atoms with Gasteiger partial charge in [-0.1, -0.05) is 28.1 Å². The molecule has 1 heterocycles. The molecular weight excluding hydrogens is 330 g/mol. The third-order valence-corrected chi connectivity index (χ3v) is 4.46. The lowest BCUT2D eigenvalue weighted by atomic mass is 10.1. The van der Waals surface area contributed by atoms with E-state index in [4.69, 9.17) is 10.5 Å². The quantitative estimate of drug-likeness (QED) is 0.749. The number of nitrogens with zero attached hydrogens (tertiary/aromatic N) is 2. The number of benzene rings is 2. The first-order valence-corrected chi connectivity index (χ1v) is 7.31. The molecule has 2 aromatic carbocycles. The predicted molar refractivity (Wildman–Crippen MR) is 87.6 cm³/mol. The molecule has 106 valence electrons. The first-order valence-electron chi connectivity index (χ1n) is 6.51. The van der Waals surface area contributed by atoms with Crippen LogP contribution in [0.4, 0.5) is 5.95 Å². The number of fused-ring (bicyclic) bond motifs is 1. The summed E-state index contributed by atoms with van der Waals surface area (Å²) < 4.78 is 7.02. The summed E-state index contributed by atoms with van der Waals surface area (Å²) >= 11 is 3.55. The summed E-state index contributed by atoms with van der Waals surface area (Å²) in [6, 6.07) is 11.6. The highest BCUT2D eigenvalue weighted by atomic mass is 79.9. The fraction of sp³-hybridized carbons (Fsp3) is 0.125. The van der Waals surface area contributed by atoms with Gasteiger partial charge in [0.25, 0.3) is 0 Å². The number of hydrogen-bond acceptors (Lipinski definition) is 4. The predicted octanol–water partition coefficient (Wildman–Crippen LogP) is 4.38. The molecule has 3 aromatic rings. The maximum Gasteiger partial charge on any atom is 0.231 e. The average molecular weight is 344 g/mol. The molecular formula is C16H14BrN3O. The largest absolute Gasteiger partial charge is 0.438 e. The maximum absolute atomic E-state index is 5.94. The Bertz CT molecular complexity index is 810. The van der Waals surface area contributed by atoms with Crippen LogP contribution in [0.25, 0.3) is 10.9 Å². The number of hydrogen-bond donors (Lipinski definition) is 1. The molecule has 4 nitrogen and oxygen atoms in total. The minimum Gasteiger partial charge on any atom is -0.438 e. The number of anilines is 1.